The van der Waals surface area contributed by atoms with Gasteiger partial charge < -0.3 is 10.1 Å². The maximum absolute atomic E-state index is 12.0. The standard InChI is InChI=1S/C14H19NO3/c1-14(2,3)11(13(17)18-4)15-12(16)10-8-6-5-7-9-10/h5-9,11H,1-4H3,(H,15,16)/t11-/m1/s1. The predicted molar refractivity (Wildman–Crippen MR) is 69.2 cm³/mol. The molecule has 1 amide bonds. The van der Waals surface area contributed by atoms with Crippen molar-refractivity contribution in [3.05, 3.63) is 35.9 Å². The molecule has 0 radical (unpaired) electrons. The number of carbonyl (C=O) groups is 2. The molecule has 1 atom stereocenters. The van der Waals surface area contributed by atoms with E-state index in [-0.39, 0.29) is 5.91 Å². The molecule has 1 aromatic rings. The van der Waals surface area contributed by atoms with E-state index < -0.39 is 17.4 Å². The fourth-order valence-electron chi connectivity index (χ4n) is 1.55. The Morgan fingerprint density at radius 3 is 2.17 bits per heavy atom. The van der Waals surface area contributed by atoms with Crippen molar-refractivity contribution in [2.45, 2.75) is 26.8 Å². The van der Waals surface area contributed by atoms with Gasteiger partial charge in [0.1, 0.15) is 6.04 Å². The van der Waals surface area contributed by atoms with Gasteiger partial charge in [-0.1, -0.05) is 39.0 Å². The van der Waals surface area contributed by atoms with E-state index in [2.05, 4.69) is 5.32 Å². The van der Waals surface area contributed by atoms with Crippen LogP contribution in [0, 0.1) is 5.41 Å². The first kappa shape index (κ1) is 14.2. The number of esters is 1. The molecule has 4 heteroatoms. The summed E-state index contributed by atoms with van der Waals surface area (Å²) in [6.45, 7) is 5.62. The molecule has 1 aromatic carbocycles. The number of nitrogens with one attached hydrogen (secondary N) is 1. The molecule has 18 heavy (non-hydrogen) atoms. The Kier molecular flexibility index (Phi) is 4.48. The highest BCUT2D eigenvalue weighted by atomic mass is 16.5. The number of rotatable bonds is 3. The zero-order valence-corrected chi connectivity index (χ0v) is 11.2. The third-order valence-corrected chi connectivity index (χ3v) is 2.61. The lowest BCUT2D eigenvalue weighted by Crippen LogP contribution is -2.49. The van der Waals surface area contributed by atoms with Crippen LogP contribution < -0.4 is 5.32 Å². The minimum absolute atomic E-state index is 0.277. The van der Waals surface area contributed by atoms with Crippen molar-refractivity contribution >= 4 is 11.9 Å². The number of hydrogen-bond donors (Lipinski definition) is 1. The zero-order chi connectivity index (χ0) is 13.8. The van der Waals surface area contributed by atoms with Gasteiger partial charge in [-0.25, -0.2) is 4.79 Å². The van der Waals surface area contributed by atoms with Crippen LogP contribution in [0.1, 0.15) is 31.1 Å². The Balaban J connectivity index is 2.86. The number of hydrogen-bond acceptors (Lipinski definition) is 3. The molecule has 0 aliphatic carbocycles. The molecular weight excluding hydrogens is 230 g/mol. The summed E-state index contributed by atoms with van der Waals surface area (Å²) in [5.74, 6) is -0.715. The molecule has 1 rings (SSSR count). The molecule has 0 heterocycles. The van der Waals surface area contributed by atoms with Crippen molar-refractivity contribution in [1.29, 1.82) is 0 Å². The minimum atomic E-state index is -0.671. The number of ether oxygens (including phenoxy) is 1. The lowest BCUT2D eigenvalue weighted by Gasteiger charge is -2.29. The topological polar surface area (TPSA) is 55.4 Å². The fourth-order valence-corrected chi connectivity index (χ4v) is 1.55. The average Bonchev–Trinajstić information content (AvgIpc) is 2.34. The second kappa shape index (κ2) is 5.67. The van der Waals surface area contributed by atoms with Crippen LogP contribution in [-0.2, 0) is 9.53 Å². The van der Waals surface area contributed by atoms with Crippen LogP contribution in [0.4, 0.5) is 0 Å². The molecule has 0 unspecified atom stereocenters. The van der Waals surface area contributed by atoms with Gasteiger partial charge in [0.15, 0.2) is 0 Å². The molecule has 0 fully saturated rings. The lowest BCUT2D eigenvalue weighted by atomic mass is 9.86. The quantitative estimate of drug-likeness (QED) is 0.834. The number of carbonyl (C=O) groups excluding carboxylic acids is 2. The van der Waals surface area contributed by atoms with E-state index in [1.165, 1.54) is 7.11 Å². The Hall–Kier alpha value is -1.84. The van der Waals surface area contributed by atoms with E-state index in [9.17, 15) is 9.59 Å². The Bertz CT molecular complexity index is 420. The second-order valence-corrected chi connectivity index (χ2v) is 5.16. The Morgan fingerprint density at radius 1 is 1.17 bits per heavy atom. The van der Waals surface area contributed by atoms with Gasteiger partial charge in [0.05, 0.1) is 7.11 Å². The number of benzene rings is 1. The van der Waals surface area contributed by atoms with Gasteiger partial charge in [0, 0.05) is 5.56 Å². The van der Waals surface area contributed by atoms with Gasteiger partial charge >= 0.3 is 5.97 Å². The van der Waals surface area contributed by atoms with E-state index in [1.807, 2.05) is 26.8 Å². The molecule has 98 valence electrons. The van der Waals surface area contributed by atoms with E-state index in [0.29, 0.717) is 5.56 Å². The van der Waals surface area contributed by atoms with Crippen molar-refractivity contribution in [3.63, 3.8) is 0 Å². The van der Waals surface area contributed by atoms with Crippen LogP contribution in [0.3, 0.4) is 0 Å². The first-order valence-corrected chi connectivity index (χ1v) is 5.80. The first-order valence-electron chi connectivity index (χ1n) is 5.80. The second-order valence-electron chi connectivity index (χ2n) is 5.16. The summed E-state index contributed by atoms with van der Waals surface area (Å²) in [5, 5.41) is 2.71. The predicted octanol–water partition coefficient (Wildman–Crippen LogP) is 2.00. The van der Waals surface area contributed by atoms with E-state index in [4.69, 9.17) is 4.74 Å². The van der Waals surface area contributed by atoms with Crippen LogP contribution >= 0.6 is 0 Å². The maximum Gasteiger partial charge on any atom is 0.328 e. The highest BCUT2D eigenvalue weighted by Crippen LogP contribution is 2.20. The van der Waals surface area contributed by atoms with Gasteiger partial charge in [0.2, 0.25) is 0 Å². The zero-order valence-electron chi connectivity index (χ0n) is 11.2. The monoisotopic (exact) mass is 249 g/mol. The Labute approximate surface area is 107 Å². The van der Waals surface area contributed by atoms with Gasteiger partial charge in [-0.3, -0.25) is 4.79 Å². The summed E-state index contributed by atoms with van der Waals surface area (Å²) < 4.78 is 4.72. The minimum Gasteiger partial charge on any atom is -0.467 e. The third-order valence-electron chi connectivity index (χ3n) is 2.61. The van der Waals surface area contributed by atoms with Crippen LogP contribution in [0.15, 0.2) is 30.3 Å². The van der Waals surface area contributed by atoms with Crippen molar-refractivity contribution < 1.29 is 14.3 Å². The maximum atomic E-state index is 12.0. The third kappa shape index (κ3) is 3.58. The van der Waals surface area contributed by atoms with E-state index in [0.717, 1.165) is 0 Å². The molecule has 1 N–H and O–H groups in total. The summed E-state index contributed by atoms with van der Waals surface area (Å²) in [7, 11) is 1.32. The molecule has 0 bridgehead atoms. The Morgan fingerprint density at radius 2 is 1.72 bits per heavy atom. The van der Waals surface area contributed by atoms with Gasteiger partial charge in [0.25, 0.3) is 5.91 Å². The van der Waals surface area contributed by atoms with Crippen LogP contribution in [-0.4, -0.2) is 25.0 Å². The number of methoxy groups -OCH3 is 1. The molecule has 4 nitrogen and oxygen atoms in total. The molecular formula is C14H19NO3. The summed E-state index contributed by atoms with van der Waals surface area (Å²) in [6.07, 6.45) is 0. The highest BCUT2D eigenvalue weighted by Gasteiger charge is 2.33. The largest absolute Gasteiger partial charge is 0.467 e. The molecule has 0 aliphatic heterocycles. The molecule has 0 spiro atoms. The molecule has 0 saturated carbocycles. The van der Waals surface area contributed by atoms with Crippen molar-refractivity contribution in [2.75, 3.05) is 7.11 Å². The lowest BCUT2D eigenvalue weighted by molar-refractivity contribution is -0.145. The first-order chi connectivity index (χ1) is 8.36. The molecule has 0 aliphatic rings. The SMILES string of the molecule is COC(=O)[C@@H](NC(=O)c1ccccc1)C(C)(C)C. The summed E-state index contributed by atoms with van der Waals surface area (Å²) in [4.78, 5) is 23.7. The summed E-state index contributed by atoms with van der Waals surface area (Å²) >= 11 is 0. The van der Waals surface area contributed by atoms with Gasteiger partial charge in [-0.05, 0) is 17.5 Å². The van der Waals surface area contributed by atoms with Gasteiger partial charge in [-0.15, -0.1) is 0 Å². The summed E-state index contributed by atoms with van der Waals surface area (Å²) in [5.41, 5.74) is 0.119. The van der Waals surface area contributed by atoms with E-state index in [1.54, 1.807) is 24.3 Å². The van der Waals surface area contributed by atoms with Crippen LogP contribution in [0.2, 0.25) is 0 Å². The van der Waals surface area contributed by atoms with Crippen molar-refractivity contribution in [3.8, 4) is 0 Å². The fraction of sp³-hybridized carbons (Fsp3) is 0.429. The van der Waals surface area contributed by atoms with Crippen LogP contribution in [0.25, 0.3) is 0 Å². The number of amides is 1. The summed E-state index contributed by atoms with van der Waals surface area (Å²) in [6, 6.07) is 8.12. The molecule has 0 aromatic heterocycles. The average molecular weight is 249 g/mol. The molecule has 0 saturated heterocycles. The van der Waals surface area contributed by atoms with Crippen molar-refractivity contribution in [1.82, 2.24) is 5.32 Å². The van der Waals surface area contributed by atoms with E-state index >= 15 is 0 Å². The smallest absolute Gasteiger partial charge is 0.328 e. The van der Waals surface area contributed by atoms with Gasteiger partial charge in [-0.2, -0.15) is 0 Å². The van der Waals surface area contributed by atoms with Crippen LogP contribution in [0.5, 0.6) is 0 Å². The highest BCUT2D eigenvalue weighted by molar-refractivity contribution is 5.96. The normalized spacial score (nSPS) is 12.7. The van der Waals surface area contributed by atoms with Crippen molar-refractivity contribution in [2.24, 2.45) is 5.41 Å².